The predicted octanol–water partition coefficient (Wildman–Crippen LogP) is 7.30. The molecule has 0 aliphatic rings. The van der Waals surface area contributed by atoms with E-state index in [1.807, 2.05) is 37.3 Å². The van der Waals surface area contributed by atoms with Crippen molar-refractivity contribution in [2.24, 2.45) is 4.99 Å². The first-order valence-electron chi connectivity index (χ1n) is 9.14. The Labute approximate surface area is 194 Å². The van der Waals surface area contributed by atoms with E-state index in [9.17, 15) is 4.79 Å². The molecule has 30 heavy (non-hydrogen) atoms. The van der Waals surface area contributed by atoms with Crippen LogP contribution in [0.3, 0.4) is 0 Å². The van der Waals surface area contributed by atoms with Gasteiger partial charge in [0.15, 0.2) is 0 Å². The van der Waals surface area contributed by atoms with E-state index < -0.39 is 0 Å². The van der Waals surface area contributed by atoms with E-state index in [2.05, 4.69) is 15.3 Å². The Balaban J connectivity index is 1.71. The van der Waals surface area contributed by atoms with Gasteiger partial charge in [0, 0.05) is 22.9 Å². The van der Waals surface area contributed by atoms with Gasteiger partial charge in [-0.25, -0.2) is 4.98 Å². The van der Waals surface area contributed by atoms with Crippen LogP contribution >= 0.6 is 46.6 Å². The summed E-state index contributed by atoms with van der Waals surface area (Å²) in [6, 6.07) is 16.4. The zero-order chi connectivity index (χ0) is 21.5. The molecule has 4 nitrogen and oxygen atoms in total. The molecule has 1 heterocycles. The minimum absolute atomic E-state index is 0.136. The van der Waals surface area contributed by atoms with Crippen LogP contribution in [0.4, 0.5) is 11.4 Å². The molecular weight excluding hydrogens is 461 g/mol. The highest BCUT2D eigenvalue weighted by Crippen LogP contribution is 2.32. The lowest BCUT2D eigenvalue weighted by Crippen LogP contribution is -2.24. The quantitative estimate of drug-likeness (QED) is 0.220. The monoisotopic (exact) mass is 477 g/mol. The van der Waals surface area contributed by atoms with E-state index in [4.69, 9.17) is 34.8 Å². The molecule has 154 valence electrons. The summed E-state index contributed by atoms with van der Waals surface area (Å²) in [6.07, 6.45) is 3.95. The third-order valence-corrected chi connectivity index (χ3v) is 6.60. The van der Waals surface area contributed by atoms with E-state index in [1.165, 1.54) is 11.8 Å². The van der Waals surface area contributed by atoms with E-state index in [1.54, 1.807) is 36.7 Å². The molecule has 1 N–H and O–H groups in total. The van der Waals surface area contributed by atoms with Crippen LogP contribution in [0.15, 0.2) is 70.7 Å². The second kappa shape index (κ2) is 10.8. The Morgan fingerprint density at radius 2 is 1.97 bits per heavy atom. The van der Waals surface area contributed by atoms with Crippen LogP contribution in [0.2, 0.25) is 15.2 Å². The van der Waals surface area contributed by atoms with Gasteiger partial charge in [0.1, 0.15) is 5.15 Å². The van der Waals surface area contributed by atoms with Crippen LogP contribution in [0.1, 0.15) is 18.9 Å². The molecule has 0 saturated heterocycles. The summed E-state index contributed by atoms with van der Waals surface area (Å²) in [5.41, 5.74) is 1.99. The van der Waals surface area contributed by atoms with Gasteiger partial charge in [-0.2, -0.15) is 0 Å². The molecule has 0 saturated carbocycles. The normalized spacial score (nSPS) is 12.1. The lowest BCUT2D eigenvalue weighted by molar-refractivity contribution is -0.115. The van der Waals surface area contributed by atoms with Crippen molar-refractivity contribution in [3.8, 4) is 0 Å². The Hall–Kier alpha value is -2.05. The number of aliphatic imine (C=N–C) groups is 1. The molecule has 8 heteroatoms. The number of benzene rings is 2. The van der Waals surface area contributed by atoms with Gasteiger partial charge in [0.25, 0.3) is 0 Å². The summed E-state index contributed by atoms with van der Waals surface area (Å²) in [4.78, 5) is 22.2. The van der Waals surface area contributed by atoms with Crippen LogP contribution in [-0.2, 0) is 4.79 Å². The maximum Gasteiger partial charge on any atom is 0.237 e. The molecular formula is C22H18Cl3N3OS. The summed E-state index contributed by atoms with van der Waals surface area (Å²) in [6.45, 7) is 1.96. The molecule has 3 rings (SSSR count). The third kappa shape index (κ3) is 5.99. The number of pyridine rings is 1. The number of thioether (sulfide) groups is 1. The molecule has 1 amide bonds. The summed E-state index contributed by atoms with van der Waals surface area (Å²) in [7, 11) is 0. The fourth-order valence-corrected chi connectivity index (χ4v) is 4.10. The van der Waals surface area contributed by atoms with Crippen LogP contribution in [0.25, 0.3) is 0 Å². The predicted molar refractivity (Wildman–Crippen MR) is 128 cm³/mol. The highest BCUT2D eigenvalue weighted by Gasteiger charge is 2.19. The number of rotatable bonds is 7. The van der Waals surface area contributed by atoms with Gasteiger partial charge in [-0.15, -0.1) is 11.8 Å². The zero-order valence-corrected chi connectivity index (χ0v) is 19.1. The van der Waals surface area contributed by atoms with Crippen LogP contribution in [0, 0.1) is 0 Å². The largest absolute Gasteiger partial charge is 0.324 e. The van der Waals surface area contributed by atoms with Crippen molar-refractivity contribution in [3.63, 3.8) is 0 Å². The minimum atomic E-state index is -0.299. The number of hydrogen-bond donors (Lipinski definition) is 1. The van der Waals surface area contributed by atoms with E-state index >= 15 is 0 Å². The van der Waals surface area contributed by atoms with Crippen molar-refractivity contribution < 1.29 is 4.79 Å². The Morgan fingerprint density at radius 3 is 2.73 bits per heavy atom. The molecule has 1 aromatic heterocycles. The molecule has 2 aromatic carbocycles. The molecule has 0 radical (unpaired) electrons. The average molecular weight is 479 g/mol. The van der Waals surface area contributed by atoms with Gasteiger partial charge in [-0.1, -0.05) is 53.9 Å². The SMILES string of the molecule is CC[C@@H](Sc1cccc(N=Cc2cccnc2Cl)c1)C(=O)Nc1cccc(Cl)c1Cl. The van der Waals surface area contributed by atoms with Crippen molar-refractivity contribution in [1.82, 2.24) is 4.98 Å². The summed E-state index contributed by atoms with van der Waals surface area (Å²) in [5, 5.41) is 3.69. The fourth-order valence-electron chi connectivity index (χ4n) is 2.58. The highest BCUT2D eigenvalue weighted by atomic mass is 35.5. The lowest BCUT2D eigenvalue weighted by atomic mass is 10.2. The van der Waals surface area contributed by atoms with Gasteiger partial charge in [0.2, 0.25) is 5.91 Å². The van der Waals surface area contributed by atoms with Crippen molar-refractivity contribution in [3.05, 3.63) is 81.6 Å². The van der Waals surface area contributed by atoms with Crippen molar-refractivity contribution in [2.45, 2.75) is 23.5 Å². The molecule has 0 fully saturated rings. The van der Waals surface area contributed by atoms with Crippen LogP contribution in [-0.4, -0.2) is 22.4 Å². The molecule has 0 spiro atoms. The van der Waals surface area contributed by atoms with Gasteiger partial charge < -0.3 is 5.32 Å². The van der Waals surface area contributed by atoms with Gasteiger partial charge >= 0.3 is 0 Å². The van der Waals surface area contributed by atoms with Crippen molar-refractivity contribution in [1.29, 1.82) is 0 Å². The summed E-state index contributed by atoms with van der Waals surface area (Å²) in [5.74, 6) is -0.136. The van der Waals surface area contributed by atoms with E-state index in [0.29, 0.717) is 27.3 Å². The molecule has 0 aliphatic carbocycles. The van der Waals surface area contributed by atoms with Crippen molar-refractivity contribution >= 4 is 70.1 Å². The maximum atomic E-state index is 12.8. The Bertz CT molecular complexity index is 1070. The second-order valence-electron chi connectivity index (χ2n) is 6.24. The number of aromatic nitrogens is 1. The fraction of sp³-hybridized carbons (Fsp3) is 0.136. The minimum Gasteiger partial charge on any atom is -0.324 e. The number of halogens is 3. The molecule has 3 aromatic rings. The van der Waals surface area contributed by atoms with Gasteiger partial charge in [0.05, 0.1) is 26.7 Å². The number of carbonyl (C=O) groups is 1. The number of nitrogens with zero attached hydrogens (tertiary/aromatic N) is 2. The molecule has 1 atom stereocenters. The number of anilines is 1. The molecule has 0 aliphatic heterocycles. The number of hydrogen-bond acceptors (Lipinski definition) is 4. The highest BCUT2D eigenvalue weighted by molar-refractivity contribution is 8.00. The maximum absolute atomic E-state index is 12.8. The number of carbonyl (C=O) groups excluding carboxylic acids is 1. The first kappa shape index (κ1) is 22.6. The third-order valence-electron chi connectivity index (χ3n) is 4.11. The first-order valence-corrected chi connectivity index (χ1v) is 11.2. The smallest absolute Gasteiger partial charge is 0.237 e. The topological polar surface area (TPSA) is 54.4 Å². The Morgan fingerprint density at radius 1 is 1.17 bits per heavy atom. The van der Waals surface area contributed by atoms with Crippen molar-refractivity contribution in [2.75, 3.05) is 5.32 Å². The Kier molecular flexibility index (Phi) is 8.16. The zero-order valence-electron chi connectivity index (χ0n) is 16.0. The number of nitrogens with one attached hydrogen (secondary N) is 1. The average Bonchev–Trinajstić information content (AvgIpc) is 2.75. The van der Waals surface area contributed by atoms with Crippen LogP contribution in [0.5, 0.6) is 0 Å². The standard InChI is InChI=1S/C22H18Cl3N3OS/c1-2-19(22(29)28-18-10-4-9-17(23)20(18)24)30-16-8-3-7-15(12-16)27-13-14-6-5-11-26-21(14)25/h3-13,19H,2H2,1H3,(H,28,29)/t19-/m1/s1. The van der Waals surface area contributed by atoms with Crippen LogP contribution < -0.4 is 5.32 Å². The first-order chi connectivity index (χ1) is 14.5. The van der Waals surface area contributed by atoms with Gasteiger partial charge in [-0.3, -0.25) is 9.79 Å². The molecule has 0 unspecified atom stereocenters. The summed E-state index contributed by atoms with van der Waals surface area (Å²) >= 11 is 19.7. The van der Waals surface area contributed by atoms with E-state index in [0.717, 1.165) is 16.1 Å². The molecule has 0 bridgehead atoms. The second-order valence-corrected chi connectivity index (χ2v) is 8.66. The summed E-state index contributed by atoms with van der Waals surface area (Å²) < 4.78 is 0. The number of amides is 1. The lowest BCUT2D eigenvalue weighted by Gasteiger charge is -2.16. The van der Waals surface area contributed by atoms with E-state index in [-0.39, 0.29) is 11.2 Å². The van der Waals surface area contributed by atoms with Gasteiger partial charge in [-0.05, 0) is 48.9 Å².